The molecule has 0 rings (SSSR count). The van der Waals surface area contributed by atoms with E-state index in [4.69, 9.17) is 0 Å². The minimum atomic E-state index is 0.928. The fourth-order valence-corrected chi connectivity index (χ4v) is 5.42. The average molecular weight is 465 g/mol. The second kappa shape index (κ2) is 23.7. The average Bonchev–Trinajstić information content (AvgIpc) is 2.79. The van der Waals surface area contributed by atoms with Gasteiger partial charge in [0.25, 0.3) is 0 Å². The van der Waals surface area contributed by atoms with E-state index >= 15 is 0 Å². The highest BCUT2D eigenvalue weighted by Crippen LogP contribution is 2.25. The second-order valence-corrected chi connectivity index (χ2v) is 12.6. The molecular formula is C33H68. The standard InChI is InChI=1S/C33H68/c1-8-10-11-12-13-14-15-16-20-32(6)27-28-33(7)26-19-25-31(5)24-18-23-30(4)22-17-21-29(3)9-2/h29-33H,8-28H2,1-7H3. The first-order valence-electron chi connectivity index (χ1n) is 15.9. The monoisotopic (exact) mass is 465 g/mol. The van der Waals surface area contributed by atoms with Crippen molar-refractivity contribution < 1.29 is 0 Å². The van der Waals surface area contributed by atoms with Crippen LogP contribution in [0.3, 0.4) is 0 Å². The van der Waals surface area contributed by atoms with E-state index in [1.54, 1.807) is 0 Å². The summed E-state index contributed by atoms with van der Waals surface area (Å²) >= 11 is 0. The van der Waals surface area contributed by atoms with Crippen molar-refractivity contribution in [3.05, 3.63) is 0 Å². The van der Waals surface area contributed by atoms with E-state index in [0.717, 1.165) is 29.6 Å². The van der Waals surface area contributed by atoms with Crippen molar-refractivity contribution >= 4 is 0 Å². The Kier molecular flexibility index (Phi) is 23.7. The van der Waals surface area contributed by atoms with Crippen LogP contribution in [0, 0.1) is 29.6 Å². The largest absolute Gasteiger partial charge is 0.0654 e. The Morgan fingerprint density at radius 1 is 0.303 bits per heavy atom. The molecule has 0 aromatic rings. The van der Waals surface area contributed by atoms with Gasteiger partial charge in [0.2, 0.25) is 0 Å². The molecule has 200 valence electrons. The van der Waals surface area contributed by atoms with E-state index in [9.17, 15) is 0 Å². The van der Waals surface area contributed by atoms with Crippen molar-refractivity contribution in [1.29, 1.82) is 0 Å². The minimum Gasteiger partial charge on any atom is -0.0654 e. The summed E-state index contributed by atoms with van der Waals surface area (Å²) in [6.07, 6.45) is 30.4. The molecule has 0 aromatic carbocycles. The van der Waals surface area contributed by atoms with Gasteiger partial charge in [0.1, 0.15) is 0 Å². The molecule has 0 aliphatic rings. The molecule has 0 heteroatoms. The Morgan fingerprint density at radius 2 is 0.606 bits per heavy atom. The fraction of sp³-hybridized carbons (Fsp3) is 1.00. The molecule has 0 heterocycles. The van der Waals surface area contributed by atoms with Gasteiger partial charge < -0.3 is 0 Å². The topological polar surface area (TPSA) is 0 Å². The molecule has 5 unspecified atom stereocenters. The zero-order valence-electron chi connectivity index (χ0n) is 24.7. The number of hydrogen-bond acceptors (Lipinski definition) is 0. The van der Waals surface area contributed by atoms with Crippen LogP contribution in [0.15, 0.2) is 0 Å². The van der Waals surface area contributed by atoms with Crippen LogP contribution in [0.2, 0.25) is 0 Å². The van der Waals surface area contributed by atoms with E-state index in [2.05, 4.69) is 48.5 Å². The van der Waals surface area contributed by atoms with Crippen molar-refractivity contribution in [2.75, 3.05) is 0 Å². The predicted molar refractivity (Wildman–Crippen MR) is 154 cm³/mol. The first kappa shape index (κ1) is 33.0. The van der Waals surface area contributed by atoms with Crippen LogP contribution in [0.4, 0.5) is 0 Å². The molecule has 0 fully saturated rings. The van der Waals surface area contributed by atoms with Crippen LogP contribution in [-0.4, -0.2) is 0 Å². The highest BCUT2D eigenvalue weighted by molar-refractivity contribution is 4.63. The molecule has 0 bridgehead atoms. The number of hydrogen-bond donors (Lipinski definition) is 0. The zero-order valence-corrected chi connectivity index (χ0v) is 24.7. The molecule has 0 saturated heterocycles. The second-order valence-electron chi connectivity index (χ2n) is 12.6. The summed E-state index contributed by atoms with van der Waals surface area (Å²) in [5.41, 5.74) is 0. The lowest BCUT2D eigenvalue weighted by molar-refractivity contribution is 0.354. The summed E-state index contributed by atoms with van der Waals surface area (Å²) in [7, 11) is 0. The molecule has 0 nitrogen and oxygen atoms in total. The smallest absolute Gasteiger partial charge is 0.0443 e. The number of unbranched alkanes of at least 4 members (excludes halogenated alkanes) is 7. The van der Waals surface area contributed by atoms with Gasteiger partial charge in [0.15, 0.2) is 0 Å². The first-order chi connectivity index (χ1) is 15.9. The molecule has 0 aliphatic heterocycles. The lowest BCUT2D eigenvalue weighted by atomic mass is 9.89. The lowest BCUT2D eigenvalue weighted by Gasteiger charge is -2.18. The van der Waals surface area contributed by atoms with Gasteiger partial charge in [-0.3, -0.25) is 0 Å². The van der Waals surface area contributed by atoms with E-state index in [1.165, 1.54) is 135 Å². The van der Waals surface area contributed by atoms with Gasteiger partial charge in [0.05, 0.1) is 0 Å². The zero-order chi connectivity index (χ0) is 24.7. The van der Waals surface area contributed by atoms with E-state index in [-0.39, 0.29) is 0 Å². The van der Waals surface area contributed by atoms with Gasteiger partial charge in [-0.25, -0.2) is 0 Å². The molecule has 0 saturated carbocycles. The maximum atomic E-state index is 2.51. The third kappa shape index (κ3) is 23.5. The lowest BCUT2D eigenvalue weighted by Crippen LogP contribution is -2.03. The van der Waals surface area contributed by atoms with Crippen molar-refractivity contribution in [3.63, 3.8) is 0 Å². The Bertz CT molecular complexity index is 372. The van der Waals surface area contributed by atoms with Crippen LogP contribution in [0.1, 0.15) is 183 Å². The molecule has 0 aliphatic carbocycles. The summed E-state index contributed by atoms with van der Waals surface area (Å²) in [6, 6.07) is 0. The maximum absolute atomic E-state index is 2.51. The third-order valence-electron chi connectivity index (χ3n) is 8.58. The Morgan fingerprint density at radius 3 is 1.00 bits per heavy atom. The molecule has 5 atom stereocenters. The van der Waals surface area contributed by atoms with Crippen LogP contribution in [0.25, 0.3) is 0 Å². The van der Waals surface area contributed by atoms with E-state index in [1.807, 2.05) is 0 Å². The summed E-state index contributed by atoms with van der Waals surface area (Å²) in [5, 5.41) is 0. The van der Waals surface area contributed by atoms with Gasteiger partial charge in [0, 0.05) is 0 Å². The van der Waals surface area contributed by atoms with Crippen molar-refractivity contribution in [2.45, 2.75) is 183 Å². The normalized spacial score (nSPS) is 16.5. The van der Waals surface area contributed by atoms with Crippen molar-refractivity contribution in [1.82, 2.24) is 0 Å². The summed E-state index contributed by atoms with van der Waals surface area (Å²) in [4.78, 5) is 0. The summed E-state index contributed by atoms with van der Waals surface area (Å²) in [5.74, 6) is 4.68. The van der Waals surface area contributed by atoms with E-state index in [0.29, 0.717) is 0 Å². The van der Waals surface area contributed by atoms with Gasteiger partial charge in [-0.05, 0) is 29.6 Å². The fourth-order valence-electron chi connectivity index (χ4n) is 5.42. The molecular weight excluding hydrogens is 396 g/mol. The molecule has 0 spiro atoms. The number of rotatable bonds is 25. The summed E-state index contributed by atoms with van der Waals surface area (Å²) in [6.45, 7) is 17.0. The quantitative estimate of drug-likeness (QED) is 0.118. The van der Waals surface area contributed by atoms with Crippen LogP contribution < -0.4 is 0 Å². The maximum Gasteiger partial charge on any atom is -0.0443 e. The van der Waals surface area contributed by atoms with Crippen molar-refractivity contribution in [2.24, 2.45) is 29.6 Å². The van der Waals surface area contributed by atoms with Crippen LogP contribution in [-0.2, 0) is 0 Å². The van der Waals surface area contributed by atoms with Crippen LogP contribution >= 0.6 is 0 Å². The molecule has 33 heavy (non-hydrogen) atoms. The van der Waals surface area contributed by atoms with Gasteiger partial charge in [-0.2, -0.15) is 0 Å². The van der Waals surface area contributed by atoms with Crippen LogP contribution in [0.5, 0.6) is 0 Å². The van der Waals surface area contributed by atoms with Crippen molar-refractivity contribution in [3.8, 4) is 0 Å². The molecule has 0 radical (unpaired) electrons. The molecule has 0 amide bonds. The predicted octanol–water partition coefficient (Wildman–Crippen LogP) is 12.4. The molecule has 0 aromatic heterocycles. The Labute approximate surface area is 212 Å². The minimum absolute atomic E-state index is 0.928. The van der Waals surface area contributed by atoms with E-state index < -0.39 is 0 Å². The summed E-state index contributed by atoms with van der Waals surface area (Å²) < 4.78 is 0. The Balaban J connectivity index is 3.55. The SMILES string of the molecule is CCCCCCCCCCC(C)CCC(C)CCCC(C)CCCC(C)CCCC(C)CC. The molecule has 0 N–H and O–H groups in total. The highest BCUT2D eigenvalue weighted by Gasteiger charge is 2.10. The highest BCUT2D eigenvalue weighted by atomic mass is 14.2. The third-order valence-corrected chi connectivity index (χ3v) is 8.58. The Hall–Kier alpha value is 0. The van der Waals surface area contributed by atoms with Gasteiger partial charge in [-0.15, -0.1) is 0 Å². The van der Waals surface area contributed by atoms with Gasteiger partial charge >= 0.3 is 0 Å². The van der Waals surface area contributed by atoms with Gasteiger partial charge in [-0.1, -0.05) is 183 Å². The first-order valence-corrected chi connectivity index (χ1v) is 15.9.